The Bertz CT molecular complexity index is 2540. The number of aromatic nitrogens is 1. The highest BCUT2D eigenvalue weighted by molar-refractivity contribution is 5.95. The largest absolute Gasteiger partial charge is 0.333 e. The van der Waals surface area contributed by atoms with Gasteiger partial charge in [0.15, 0.2) is 0 Å². The third-order valence-corrected chi connectivity index (χ3v) is 10.6. The average Bonchev–Trinajstić information content (AvgIpc) is 3.71. The molecule has 1 aliphatic carbocycles. The van der Waals surface area contributed by atoms with E-state index in [-0.39, 0.29) is 12.0 Å². The van der Waals surface area contributed by atoms with E-state index in [4.69, 9.17) is 0 Å². The molecule has 0 saturated heterocycles. The Hall–Kier alpha value is -6.38. The molecule has 8 aromatic rings. The van der Waals surface area contributed by atoms with E-state index >= 15 is 0 Å². The van der Waals surface area contributed by atoms with Crippen molar-refractivity contribution >= 4 is 28.4 Å². The van der Waals surface area contributed by atoms with Crippen LogP contribution < -0.4 is 4.90 Å². The van der Waals surface area contributed by atoms with Crippen LogP contribution >= 0.6 is 0 Å². The molecule has 1 aliphatic heterocycles. The summed E-state index contributed by atoms with van der Waals surface area (Å²) in [5.74, 6) is 0.190. The molecule has 2 unspecified atom stereocenters. The van der Waals surface area contributed by atoms with E-state index in [0.717, 1.165) is 0 Å². The maximum atomic E-state index is 2.58. The molecule has 0 radical (unpaired) electrons. The van der Waals surface area contributed by atoms with E-state index in [1.807, 2.05) is 0 Å². The quantitative estimate of drug-likeness (QED) is 0.182. The number of hydrogen-bond acceptors (Lipinski definition) is 1. The molecule has 0 spiro atoms. The molecule has 0 bridgehead atoms. The second kappa shape index (κ2) is 11.6. The number of rotatable bonds is 5. The number of hydrogen-bond donors (Lipinski definition) is 0. The van der Waals surface area contributed by atoms with Crippen molar-refractivity contribution in [2.45, 2.75) is 12.0 Å². The Morgan fingerprint density at radius 1 is 0.440 bits per heavy atom. The van der Waals surface area contributed by atoms with Crippen molar-refractivity contribution in [2.24, 2.45) is 0 Å². The molecule has 50 heavy (non-hydrogen) atoms. The van der Waals surface area contributed by atoms with Crippen LogP contribution in [-0.4, -0.2) is 10.6 Å². The van der Waals surface area contributed by atoms with Gasteiger partial charge in [-0.25, -0.2) is 0 Å². The van der Waals surface area contributed by atoms with Gasteiger partial charge in [-0.05, 0) is 75.4 Å². The summed E-state index contributed by atoms with van der Waals surface area (Å²) < 4.78 is 2.47. The molecule has 7 aromatic carbocycles. The van der Waals surface area contributed by atoms with Gasteiger partial charge in [-0.15, -0.1) is 0 Å². The van der Waals surface area contributed by atoms with Crippen molar-refractivity contribution in [2.75, 3.05) is 4.90 Å². The van der Waals surface area contributed by atoms with E-state index in [2.05, 4.69) is 204 Å². The van der Waals surface area contributed by atoms with Crippen molar-refractivity contribution in [3.63, 3.8) is 0 Å². The molecule has 2 nitrogen and oxygen atoms in total. The average molecular weight is 639 g/mol. The molecule has 0 N–H and O–H groups in total. The predicted molar refractivity (Wildman–Crippen MR) is 209 cm³/mol. The van der Waals surface area contributed by atoms with Crippen LogP contribution in [0.4, 0.5) is 11.4 Å². The first-order chi connectivity index (χ1) is 24.8. The molecule has 0 saturated carbocycles. The first-order valence-electron chi connectivity index (χ1n) is 17.4. The fraction of sp³-hybridized carbons (Fsp3) is 0.0417. The van der Waals surface area contributed by atoms with Gasteiger partial charge in [-0.3, -0.25) is 0 Å². The molecule has 0 fully saturated rings. The molecule has 1 aromatic heterocycles. The molecule has 0 amide bonds. The summed E-state index contributed by atoms with van der Waals surface area (Å²) in [7, 11) is 0. The van der Waals surface area contributed by atoms with Gasteiger partial charge in [0.05, 0.1) is 17.3 Å². The lowest BCUT2D eigenvalue weighted by molar-refractivity contribution is 0.726. The van der Waals surface area contributed by atoms with Gasteiger partial charge >= 0.3 is 0 Å². The Labute approximate surface area is 292 Å². The fourth-order valence-corrected chi connectivity index (χ4v) is 8.38. The Kier molecular flexibility index (Phi) is 6.67. The summed E-state index contributed by atoms with van der Waals surface area (Å²) in [6, 6.07) is 66.3. The van der Waals surface area contributed by atoms with Crippen LogP contribution in [0.15, 0.2) is 188 Å². The highest BCUT2D eigenvalue weighted by atomic mass is 15.2. The molecule has 2 heterocycles. The van der Waals surface area contributed by atoms with E-state index in [1.54, 1.807) is 0 Å². The smallest absolute Gasteiger partial charge is 0.0637 e. The van der Waals surface area contributed by atoms with Gasteiger partial charge < -0.3 is 9.47 Å². The fourth-order valence-electron chi connectivity index (χ4n) is 8.38. The number of nitrogens with zero attached hydrogens (tertiary/aromatic N) is 2. The predicted octanol–water partition coefficient (Wildman–Crippen LogP) is 12.3. The molecule has 2 atom stereocenters. The maximum Gasteiger partial charge on any atom is 0.0637 e. The lowest BCUT2D eigenvalue weighted by Crippen LogP contribution is -2.31. The summed E-state index contributed by atoms with van der Waals surface area (Å²) in [4.78, 5) is 2.58. The van der Waals surface area contributed by atoms with Gasteiger partial charge in [0.1, 0.15) is 0 Å². The van der Waals surface area contributed by atoms with Crippen LogP contribution in [-0.2, 0) is 0 Å². The van der Waals surface area contributed by atoms with E-state index in [9.17, 15) is 0 Å². The van der Waals surface area contributed by atoms with E-state index in [0.29, 0.717) is 0 Å². The van der Waals surface area contributed by atoms with Gasteiger partial charge in [-0.2, -0.15) is 0 Å². The Morgan fingerprint density at radius 2 is 1.04 bits per heavy atom. The SMILES string of the molecule is C1=CC2C(c3ccccc3N2c2ccccc2-c2ccccc2)c2c1n(-c1cccc(-c3ccc(-c4ccccc4)cc3)c1)c1ccccc21. The van der Waals surface area contributed by atoms with Crippen molar-refractivity contribution in [1.29, 1.82) is 0 Å². The third-order valence-electron chi connectivity index (χ3n) is 10.6. The van der Waals surface area contributed by atoms with Crippen LogP contribution in [0.3, 0.4) is 0 Å². The summed E-state index contributed by atoms with van der Waals surface area (Å²) in [6.45, 7) is 0. The summed E-state index contributed by atoms with van der Waals surface area (Å²) >= 11 is 0. The number of benzene rings is 7. The zero-order valence-corrected chi connectivity index (χ0v) is 27.5. The minimum absolute atomic E-state index is 0.151. The van der Waals surface area contributed by atoms with Crippen molar-refractivity contribution in [1.82, 2.24) is 4.57 Å². The number of para-hydroxylation sites is 3. The van der Waals surface area contributed by atoms with Crippen LogP contribution in [0.1, 0.15) is 22.7 Å². The molecule has 10 rings (SSSR count). The van der Waals surface area contributed by atoms with Crippen molar-refractivity contribution in [3.8, 4) is 39.1 Å². The van der Waals surface area contributed by atoms with Crippen LogP contribution in [0, 0.1) is 0 Å². The zero-order valence-electron chi connectivity index (χ0n) is 27.5. The summed E-state index contributed by atoms with van der Waals surface area (Å²) in [6.07, 6.45) is 4.82. The van der Waals surface area contributed by atoms with Crippen molar-refractivity contribution in [3.05, 3.63) is 205 Å². The zero-order chi connectivity index (χ0) is 33.0. The monoisotopic (exact) mass is 638 g/mol. The van der Waals surface area contributed by atoms with Gasteiger partial charge in [0, 0.05) is 33.9 Å². The van der Waals surface area contributed by atoms with Crippen LogP contribution in [0.5, 0.6) is 0 Å². The number of anilines is 2. The first kappa shape index (κ1) is 28.6. The topological polar surface area (TPSA) is 8.17 Å². The van der Waals surface area contributed by atoms with Crippen LogP contribution in [0.2, 0.25) is 0 Å². The normalized spacial score (nSPS) is 15.9. The minimum atomic E-state index is 0.151. The summed E-state index contributed by atoms with van der Waals surface area (Å²) in [5, 5.41) is 1.31. The highest BCUT2D eigenvalue weighted by Gasteiger charge is 2.43. The molecule has 236 valence electrons. The lowest BCUT2D eigenvalue weighted by atomic mass is 9.82. The maximum absolute atomic E-state index is 2.58. The van der Waals surface area contributed by atoms with E-state index < -0.39 is 0 Å². The lowest BCUT2D eigenvalue weighted by Gasteiger charge is -2.32. The number of fused-ring (bicyclic) bond motifs is 7. The van der Waals surface area contributed by atoms with E-state index in [1.165, 1.54) is 78.2 Å². The molecular weight excluding hydrogens is 605 g/mol. The first-order valence-corrected chi connectivity index (χ1v) is 17.4. The second-order valence-corrected chi connectivity index (χ2v) is 13.3. The summed E-state index contributed by atoms with van der Waals surface area (Å²) in [5.41, 5.74) is 16.3. The highest BCUT2D eigenvalue weighted by Crippen LogP contribution is 2.55. The standard InChI is InChI=1S/C48H34N2/c1-3-14-33(15-4-1)34-26-28-35(29-27-34)37-18-13-19-38(32-37)49-43-24-11-8-21-40(43)47-45(49)30-31-46-48(47)41-22-9-12-25-44(41)50(46)42-23-10-7-20-39(42)36-16-5-2-6-17-36/h1-32,46,48H. The minimum Gasteiger partial charge on any atom is -0.333 e. The Balaban J connectivity index is 1.11. The van der Waals surface area contributed by atoms with Crippen LogP contribution in [0.25, 0.3) is 56.0 Å². The molecule has 2 aliphatic rings. The second-order valence-electron chi connectivity index (χ2n) is 13.3. The van der Waals surface area contributed by atoms with Gasteiger partial charge in [0.25, 0.3) is 0 Å². The third kappa shape index (κ3) is 4.49. The van der Waals surface area contributed by atoms with Gasteiger partial charge in [-0.1, -0.05) is 158 Å². The van der Waals surface area contributed by atoms with Gasteiger partial charge in [0.2, 0.25) is 0 Å². The molecular formula is C48H34N2. The van der Waals surface area contributed by atoms with Crippen molar-refractivity contribution < 1.29 is 0 Å². The Morgan fingerprint density at radius 3 is 1.84 bits per heavy atom. The molecule has 2 heteroatoms.